The molecule has 1 aromatic heterocycles. The number of hydrogen-bond donors (Lipinski definition) is 2. The highest BCUT2D eigenvalue weighted by Crippen LogP contribution is 2.08. The smallest absolute Gasteiger partial charge is 0.0686 e. The van der Waals surface area contributed by atoms with Gasteiger partial charge in [0.15, 0.2) is 0 Å². The van der Waals surface area contributed by atoms with Gasteiger partial charge in [-0.2, -0.15) is 5.10 Å². The molecular formula is C11H17N3. The molecule has 0 aliphatic carbocycles. The van der Waals surface area contributed by atoms with Gasteiger partial charge in [0.25, 0.3) is 0 Å². The third kappa shape index (κ3) is 2.36. The Labute approximate surface area is 85.3 Å². The Morgan fingerprint density at radius 1 is 1.57 bits per heavy atom. The van der Waals surface area contributed by atoms with Crippen molar-refractivity contribution in [2.24, 2.45) is 0 Å². The molecule has 0 aliphatic heterocycles. The first kappa shape index (κ1) is 10.8. The molecule has 1 atom stereocenters. The predicted molar refractivity (Wildman–Crippen MR) is 57.8 cm³/mol. The summed E-state index contributed by atoms with van der Waals surface area (Å²) in [6, 6.07) is 0.156. The Bertz CT molecular complexity index is 313. The second-order valence-electron chi connectivity index (χ2n) is 3.42. The molecule has 0 fully saturated rings. The minimum absolute atomic E-state index is 0.156. The van der Waals surface area contributed by atoms with Crippen LogP contribution in [-0.4, -0.2) is 16.2 Å². The molecule has 2 N–H and O–H groups in total. The van der Waals surface area contributed by atoms with Crippen molar-refractivity contribution in [3.63, 3.8) is 0 Å². The highest BCUT2D eigenvalue weighted by Gasteiger charge is 2.07. The quantitative estimate of drug-likeness (QED) is 0.709. The third-order valence-electron chi connectivity index (χ3n) is 2.42. The van der Waals surface area contributed by atoms with Crippen LogP contribution in [0.25, 0.3) is 0 Å². The zero-order chi connectivity index (χ0) is 10.6. The lowest BCUT2D eigenvalue weighted by atomic mass is 10.1. The zero-order valence-electron chi connectivity index (χ0n) is 9.02. The Morgan fingerprint density at radius 3 is 2.71 bits per heavy atom. The fourth-order valence-electron chi connectivity index (χ4n) is 1.38. The van der Waals surface area contributed by atoms with Gasteiger partial charge in [-0.05, 0) is 20.3 Å². The summed E-state index contributed by atoms with van der Waals surface area (Å²) < 4.78 is 0. The number of rotatable bonds is 4. The molecule has 1 rings (SSSR count). The first-order valence-corrected chi connectivity index (χ1v) is 4.89. The summed E-state index contributed by atoms with van der Waals surface area (Å²) in [5.74, 6) is 2.71. The molecule has 0 amide bonds. The van der Waals surface area contributed by atoms with Crippen LogP contribution in [0.5, 0.6) is 0 Å². The number of nitrogens with zero attached hydrogens (tertiary/aromatic N) is 1. The molecule has 0 bridgehead atoms. The Balaban J connectivity index is 2.58. The number of aromatic amines is 1. The first-order valence-electron chi connectivity index (χ1n) is 4.89. The third-order valence-corrected chi connectivity index (χ3v) is 2.42. The lowest BCUT2D eigenvalue weighted by Gasteiger charge is -2.10. The van der Waals surface area contributed by atoms with E-state index in [0.717, 1.165) is 24.4 Å². The second kappa shape index (κ2) is 4.83. The molecule has 1 aromatic rings. The maximum Gasteiger partial charge on any atom is 0.0686 e. The lowest BCUT2D eigenvalue weighted by Crippen LogP contribution is -2.26. The van der Waals surface area contributed by atoms with E-state index in [1.165, 1.54) is 5.56 Å². The van der Waals surface area contributed by atoms with E-state index in [4.69, 9.17) is 6.42 Å². The lowest BCUT2D eigenvalue weighted by molar-refractivity contribution is 0.590. The Hall–Kier alpha value is -1.27. The molecule has 1 heterocycles. The van der Waals surface area contributed by atoms with E-state index in [0.29, 0.717) is 0 Å². The minimum atomic E-state index is 0.156. The van der Waals surface area contributed by atoms with Gasteiger partial charge in [0.05, 0.1) is 11.7 Å². The van der Waals surface area contributed by atoms with Crippen LogP contribution in [0.15, 0.2) is 0 Å². The molecule has 3 nitrogen and oxygen atoms in total. The SMILES string of the molecule is C#CC(CC)NCc1c(C)n[nH]c1C. The number of H-pyrrole nitrogens is 1. The van der Waals surface area contributed by atoms with E-state index >= 15 is 0 Å². The predicted octanol–water partition coefficient (Wildman–Crippen LogP) is 1.53. The van der Waals surface area contributed by atoms with Gasteiger partial charge in [-0.3, -0.25) is 10.4 Å². The zero-order valence-corrected chi connectivity index (χ0v) is 9.02. The van der Waals surface area contributed by atoms with Crippen molar-refractivity contribution in [2.45, 2.75) is 39.8 Å². The molecule has 14 heavy (non-hydrogen) atoms. The summed E-state index contributed by atoms with van der Waals surface area (Å²) >= 11 is 0. The van der Waals surface area contributed by atoms with Crippen molar-refractivity contribution < 1.29 is 0 Å². The topological polar surface area (TPSA) is 40.7 Å². The largest absolute Gasteiger partial charge is 0.299 e. The van der Waals surface area contributed by atoms with Crippen LogP contribution in [0.1, 0.15) is 30.3 Å². The van der Waals surface area contributed by atoms with Crippen LogP contribution in [0.2, 0.25) is 0 Å². The molecule has 1 unspecified atom stereocenters. The summed E-state index contributed by atoms with van der Waals surface area (Å²) in [6.07, 6.45) is 6.31. The number of hydrogen-bond acceptors (Lipinski definition) is 2. The van der Waals surface area contributed by atoms with Gasteiger partial charge in [-0.15, -0.1) is 6.42 Å². The van der Waals surface area contributed by atoms with Crippen LogP contribution >= 0.6 is 0 Å². The van der Waals surface area contributed by atoms with E-state index in [9.17, 15) is 0 Å². The van der Waals surface area contributed by atoms with E-state index in [-0.39, 0.29) is 6.04 Å². The molecule has 0 aromatic carbocycles. The molecule has 0 aliphatic rings. The van der Waals surface area contributed by atoms with Gasteiger partial charge in [0, 0.05) is 17.8 Å². The maximum absolute atomic E-state index is 5.36. The fraction of sp³-hybridized carbons (Fsp3) is 0.545. The van der Waals surface area contributed by atoms with Crippen molar-refractivity contribution in [3.05, 3.63) is 17.0 Å². The van der Waals surface area contributed by atoms with Gasteiger partial charge in [0.2, 0.25) is 0 Å². The highest BCUT2D eigenvalue weighted by molar-refractivity contribution is 5.23. The summed E-state index contributed by atoms with van der Waals surface area (Å²) in [4.78, 5) is 0. The molecular weight excluding hydrogens is 174 g/mol. The number of aromatic nitrogens is 2. The van der Waals surface area contributed by atoms with Gasteiger partial charge in [-0.1, -0.05) is 12.8 Å². The normalized spacial score (nSPS) is 12.4. The van der Waals surface area contributed by atoms with Crippen molar-refractivity contribution >= 4 is 0 Å². The van der Waals surface area contributed by atoms with Crippen molar-refractivity contribution in [3.8, 4) is 12.3 Å². The van der Waals surface area contributed by atoms with Crippen molar-refractivity contribution in [1.82, 2.24) is 15.5 Å². The summed E-state index contributed by atoms with van der Waals surface area (Å²) in [5, 5.41) is 10.4. The summed E-state index contributed by atoms with van der Waals surface area (Å²) in [5.41, 5.74) is 3.38. The van der Waals surface area contributed by atoms with E-state index in [1.54, 1.807) is 0 Å². The van der Waals surface area contributed by atoms with E-state index < -0.39 is 0 Å². The molecule has 76 valence electrons. The van der Waals surface area contributed by atoms with E-state index in [1.807, 2.05) is 13.8 Å². The standard InChI is InChI=1S/C11H17N3/c1-5-10(6-2)12-7-11-8(3)13-14-9(11)4/h1,10,12H,6-7H2,2-4H3,(H,13,14). The molecule has 0 spiro atoms. The average molecular weight is 191 g/mol. The maximum atomic E-state index is 5.36. The first-order chi connectivity index (χ1) is 6.69. The van der Waals surface area contributed by atoms with Crippen LogP contribution in [0.3, 0.4) is 0 Å². The van der Waals surface area contributed by atoms with Gasteiger partial charge in [-0.25, -0.2) is 0 Å². The number of aryl methyl sites for hydroxylation is 2. The van der Waals surface area contributed by atoms with Gasteiger partial charge >= 0.3 is 0 Å². The van der Waals surface area contributed by atoms with Gasteiger partial charge in [0.1, 0.15) is 0 Å². The summed E-state index contributed by atoms with van der Waals surface area (Å²) in [7, 11) is 0. The molecule has 0 radical (unpaired) electrons. The summed E-state index contributed by atoms with van der Waals surface area (Å²) in [6.45, 7) is 6.88. The molecule has 0 saturated carbocycles. The van der Waals surface area contributed by atoms with Crippen LogP contribution in [0.4, 0.5) is 0 Å². The monoisotopic (exact) mass is 191 g/mol. The number of terminal acetylenes is 1. The minimum Gasteiger partial charge on any atom is -0.299 e. The second-order valence-corrected chi connectivity index (χ2v) is 3.42. The Kier molecular flexibility index (Phi) is 3.73. The highest BCUT2D eigenvalue weighted by atomic mass is 15.1. The van der Waals surface area contributed by atoms with Crippen LogP contribution in [-0.2, 0) is 6.54 Å². The van der Waals surface area contributed by atoms with Crippen molar-refractivity contribution in [2.75, 3.05) is 0 Å². The van der Waals surface area contributed by atoms with Crippen LogP contribution in [0, 0.1) is 26.2 Å². The molecule has 3 heteroatoms. The van der Waals surface area contributed by atoms with Crippen molar-refractivity contribution in [1.29, 1.82) is 0 Å². The molecule has 0 saturated heterocycles. The van der Waals surface area contributed by atoms with Crippen LogP contribution < -0.4 is 5.32 Å². The van der Waals surface area contributed by atoms with E-state index in [2.05, 4.69) is 28.4 Å². The van der Waals surface area contributed by atoms with Gasteiger partial charge < -0.3 is 0 Å². The Morgan fingerprint density at radius 2 is 2.29 bits per heavy atom. The number of nitrogens with one attached hydrogen (secondary N) is 2. The average Bonchev–Trinajstić information content (AvgIpc) is 2.50. The fourth-order valence-corrected chi connectivity index (χ4v) is 1.38.